The van der Waals surface area contributed by atoms with Crippen LogP contribution in [-0.2, 0) is 10.0 Å². The van der Waals surface area contributed by atoms with Crippen LogP contribution >= 0.6 is 0 Å². The number of hydrogen-bond acceptors (Lipinski definition) is 4. The average molecular weight is 329 g/mol. The van der Waals surface area contributed by atoms with Crippen molar-refractivity contribution >= 4 is 21.6 Å². The van der Waals surface area contributed by atoms with Gasteiger partial charge in [0.25, 0.3) is 0 Å². The van der Waals surface area contributed by atoms with Gasteiger partial charge in [0.05, 0.1) is 4.90 Å². The van der Waals surface area contributed by atoms with E-state index in [-0.39, 0.29) is 33.6 Å². The molecule has 0 fully saturated rings. The third-order valence-corrected chi connectivity index (χ3v) is 5.25. The zero-order valence-corrected chi connectivity index (χ0v) is 13.5. The van der Waals surface area contributed by atoms with Crippen LogP contribution in [0.25, 0.3) is 0 Å². The molecule has 1 aliphatic rings. The fourth-order valence-corrected chi connectivity index (χ4v) is 3.90. The fraction of sp³-hybridized carbons (Fsp3) is 0.176. The Morgan fingerprint density at radius 1 is 0.826 bits per heavy atom. The number of sulfonamides is 1. The minimum atomic E-state index is -3.72. The van der Waals surface area contributed by atoms with Gasteiger partial charge in [-0.2, -0.15) is 0 Å². The molecule has 0 spiro atoms. The summed E-state index contributed by atoms with van der Waals surface area (Å²) in [6.45, 7) is 3.42. The molecule has 5 nitrogen and oxygen atoms in total. The summed E-state index contributed by atoms with van der Waals surface area (Å²) in [6.07, 6.45) is 0. The van der Waals surface area contributed by atoms with Gasteiger partial charge in [-0.25, -0.2) is 13.1 Å². The lowest BCUT2D eigenvalue weighted by molar-refractivity contribution is 0.0979. The molecule has 2 aromatic rings. The van der Waals surface area contributed by atoms with Gasteiger partial charge in [-0.05, 0) is 32.0 Å². The Morgan fingerprint density at radius 3 is 1.91 bits per heavy atom. The standard InChI is InChI=1S/C17H15NO4S/c1-10(2)18-23(21,22)11-7-8-14-15(9-11)17(20)13-6-4-3-5-12(13)16(14)19/h3-10,18H,1-2H3. The smallest absolute Gasteiger partial charge is 0.240 e. The highest BCUT2D eigenvalue weighted by Crippen LogP contribution is 2.28. The number of hydrogen-bond donors (Lipinski definition) is 1. The van der Waals surface area contributed by atoms with Crippen molar-refractivity contribution in [2.75, 3.05) is 0 Å². The number of fused-ring (bicyclic) bond motifs is 2. The van der Waals surface area contributed by atoms with Gasteiger partial charge in [0, 0.05) is 28.3 Å². The molecule has 0 heterocycles. The molecule has 0 aromatic heterocycles. The largest absolute Gasteiger partial charge is 0.289 e. The molecule has 118 valence electrons. The van der Waals surface area contributed by atoms with Crippen molar-refractivity contribution in [1.82, 2.24) is 4.72 Å². The van der Waals surface area contributed by atoms with Gasteiger partial charge in [0.2, 0.25) is 10.0 Å². The van der Waals surface area contributed by atoms with Gasteiger partial charge in [-0.3, -0.25) is 9.59 Å². The minimum Gasteiger partial charge on any atom is -0.289 e. The monoisotopic (exact) mass is 329 g/mol. The Morgan fingerprint density at radius 2 is 1.35 bits per heavy atom. The minimum absolute atomic E-state index is 0.0227. The second kappa shape index (κ2) is 5.40. The molecule has 1 aliphatic carbocycles. The third-order valence-electron chi connectivity index (χ3n) is 3.60. The van der Waals surface area contributed by atoms with Crippen LogP contribution in [0, 0.1) is 0 Å². The molecule has 0 radical (unpaired) electrons. The number of benzene rings is 2. The van der Waals surface area contributed by atoms with Crippen LogP contribution in [0.1, 0.15) is 45.7 Å². The first-order chi connectivity index (χ1) is 10.8. The number of carbonyl (C=O) groups is 2. The summed E-state index contributed by atoms with van der Waals surface area (Å²) in [6, 6.07) is 10.3. The molecule has 2 aromatic carbocycles. The van der Waals surface area contributed by atoms with E-state index in [1.54, 1.807) is 38.1 Å². The van der Waals surface area contributed by atoms with Crippen molar-refractivity contribution < 1.29 is 18.0 Å². The Hall–Kier alpha value is -2.31. The van der Waals surface area contributed by atoms with Gasteiger partial charge in [-0.15, -0.1) is 0 Å². The highest BCUT2D eigenvalue weighted by Gasteiger charge is 2.30. The Balaban J connectivity index is 2.15. The second-order valence-electron chi connectivity index (χ2n) is 5.69. The summed E-state index contributed by atoms with van der Waals surface area (Å²) < 4.78 is 27.0. The summed E-state index contributed by atoms with van der Waals surface area (Å²) in [4.78, 5) is 25.0. The molecule has 23 heavy (non-hydrogen) atoms. The molecule has 0 saturated carbocycles. The SMILES string of the molecule is CC(C)NS(=O)(=O)c1ccc2c(c1)C(=O)c1ccccc1C2=O. The van der Waals surface area contributed by atoms with E-state index >= 15 is 0 Å². The number of nitrogens with one attached hydrogen (secondary N) is 1. The molecule has 0 aliphatic heterocycles. The Kier molecular flexibility index (Phi) is 3.66. The quantitative estimate of drug-likeness (QED) is 0.798. The van der Waals surface area contributed by atoms with Crippen LogP contribution in [0.2, 0.25) is 0 Å². The van der Waals surface area contributed by atoms with Crippen molar-refractivity contribution in [3.8, 4) is 0 Å². The van der Waals surface area contributed by atoms with E-state index in [4.69, 9.17) is 0 Å². The van der Waals surface area contributed by atoms with Crippen LogP contribution in [0.5, 0.6) is 0 Å². The van der Waals surface area contributed by atoms with Gasteiger partial charge in [-0.1, -0.05) is 24.3 Å². The first-order valence-electron chi connectivity index (χ1n) is 7.16. The van der Waals surface area contributed by atoms with Crippen molar-refractivity contribution in [2.24, 2.45) is 0 Å². The molecular weight excluding hydrogens is 314 g/mol. The average Bonchev–Trinajstić information content (AvgIpc) is 2.51. The zero-order chi connectivity index (χ0) is 16.8. The molecule has 0 atom stereocenters. The van der Waals surface area contributed by atoms with Crippen molar-refractivity contribution in [1.29, 1.82) is 0 Å². The van der Waals surface area contributed by atoms with Crippen LogP contribution < -0.4 is 4.72 Å². The van der Waals surface area contributed by atoms with E-state index in [2.05, 4.69) is 4.72 Å². The maximum Gasteiger partial charge on any atom is 0.240 e. The predicted molar refractivity (Wildman–Crippen MR) is 85.2 cm³/mol. The topological polar surface area (TPSA) is 80.3 Å². The van der Waals surface area contributed by atoms with E-state index in [1.165, 1.54) is 18.2 Å². The van der Waals surface area contributed by atoms with Crippen molar-refractivity contribution in [2.45, 2.75) is 24.8 Å². The summed E-state index contributed by atoms with van der Waals surface area (Å²) in [5.74, 6) is -0.604. The maximum atomic E-state index is 12.6. The lowest BCUT2D eigenvalue weighted by Gasteiger charge is -2.18. The molecule has 1 N–H and O–H groups in total. The summed E-state index contributed by atoms with van der Waals surface area (Å²) in [7, 11) is -3.72. The lowest BCUT2D eigenvalue weighted by Crippen LogP contribution is -2.30. The first kappa shape index (κ1) is 15.6. The van der Waals surface area contributed by atoms with Crippen LogP contribution in [0.15, 0.2) is 47.4 Å². The third kappa shape index (κ3) is 2.60. The highest BCUT2D eigenvalue weighted by atomic mass is 32.2. The van der Waals surface area contributed by atoms with Crippen LogP contribution in [0.3, 0.4) is 0 Å². The number of ketones is 2. The van der Waals surface area contributed by atoms with E-state index in [0.29, 0.717) is 11.1 Å². The van der Waals surface area contributed by atoms with Gasteiger partial charge < -0.3 is 0 Å². The van der Waals surface area contributed by atoms with Crippen molar-refractivity contribution in [3.63, 3.8) is 0 Å². The van der Waals surface area contributed by atoms with Crippen LogP contribution in [0.4, 0.5) is 0 Å². The Bertz CT molecular complexity index is 929. The lowest BCUT2D eigenvalue weighted by atomic mass is 9.84. The van der Waals surface area contributed by atoms with E-state index < -0.39 is 10.0 Å². The summed E-state index contributed by atoms with van der Waals surface area (Å²) >= 11 is 0. The van der Waals surface area contributed by atoms with Crippen molar-refractivity contribution in [3.05, 3.63) is 64.7 Å². The maximum absolute atomic E-state index is 12.6. The van der Waals surface area contributed by atoms with E-state index in [0.717, 1.165) is 0 Å². The Labute approximate surface area is 134 Å². The number of carbonyl (C=O) groups excluding carboxylic acids is 2. The molecular formula is C17H15NO4S. The molecule has 0 unspecified atom stereocenters. The fourth-order valence-electron chi connectivity index (χ4n) is 2.62. The first-order valence-corrected chi connectivity index (χ1v) is 8.64. The van der Waals surface area contributed by atoms with Gasteiger partial charge in [0.15, 0.2) is 11.6 Å². The van der Waals surface area contributed by atoms with E-state index in [1.807, 2.05) is 0 Å². The normalized spacial score (nSPS) is 13.9. The number of rotatable bonds is 3. The highest BCUT2D eigenvalue weighted by molar-refractivity contribution is 7.89. The predicted octanol–water partition coefficient (Wildman–Crippen LogP) is 2.15. The molecule has 0 bridgehead atoms. The molecule has 0 amide bonds. The van der Waals surface area contributed by atoms with Gasteiger partial charge in [0.1, 0.15) is 0 Å². The molecule has 6 heteroatoms. The van der Waals surface area contributed by atoms with E-state index in [9.17, 15) is 18.0 Å². The molecule has 3 rings (SSSR count). The second-order valence-corrected chi connectivity index (χ2v) is 7.40. The zero-order valence-electron chi connectivity index (χ0n) is 12.7. The summed E-state index contributed by atoms with van der Waals surface area (Å²) in [5, 5.41) is 0. The summed E-state index contributed by atoms with van der Waals surface area (Å²) in [5.41, 5.74) is 1.01. The molecule has 0 saturated heterocycles. The van der Waals surface area contributed by atoms with Gasteiger partial charge >= 0.3 is 0 Å². The van der Waals surface area contributed by atoms with Crippen LogP contribution in [-0.4, -0.2) is 26.0 Å².